The van der Waals surface area contributed by atoms with Crippen molar-refractivity contribution in [2.45, 2.75) is 50.1 Å². The molecule has 1 aromatic heterocycles. The zero-order valence-corrected chi connectivity index (χ0v) is 18.5. The minimum Gasteiger partial charge on any atom is -0.467 e. The Morgan fingerprint density at radius 3 is 2.71 bits per heavy atom. The molecule has 0 spiro atoms. The Bertz CT molecular complexity index is 1080. The second kappa shape index (κ2) is 8.47. The average molecular weight is 446 g/mol. The van der Waals surface area contributed by atoms with Crippen molar-refractivity contribution in [1.29, 1.82) is 0 Å². The summed E-state index contributed by atoms with van der Waals surface area (Å²) in [5.74, 6) is 0.730. The predicted molar refractivity (Wildman–Crippen MR) is 115 cm³/mol. The number of nitrogens with one attached hydrogen (secondary N) is 1. The van der Waals surface area contributed by atoms with E-state index in [9.17, 15) is 18.0 Å². The standard InChI is InChI=1S/C22H27N3O5S/c1-15-12-17-13-19(7-8-20(17)25(15)22(27)16-5-6-16)31(28,29)23-10-9-21(26)24(2)14-18-4-3-11-30-18/h3-4,7-8,11,13,15-16,23H,5-6,9-10,12,14H2,1-2H3/t15-/m0/s1. The van der Waals surface area contributed by atoms with Crippen LogP contribution in [-0.4, -0.2) is 44.8 Å². The molecule has 0 radical (unpaired) electrons. The molecular weight excluding hydrogens is 418 g/mol. The Hall–Kier alpha value is -2.65. The molecule has 2 aliphatic rings. The van der Waals surface area contributed by atoms with Crippen molar-refractivity contribution < 1.29 is 22.4 Å². The van der Waals surface area contributed by atoms with Crippen molar-refractivity contribution in [2.24, 2.45) is 5.92 Å². The highest BCUT2D eigenvalue weighted by atomic mass is 32.2. The monoisotopic (exact) mass is 445 g/mol. The van der Waals surface area contributed by atoms with Crippen LogP contribution in [0.3, 0.4) is 0 Å². The molecule has 1 aromatic carbocycles. The molecule has 1 atom stereocenters. The molecule has 1 fully saturated rings. The maximum absolute atomic E-state index is 12.7. The van der Waals surface area contributed by atoms with E-state index in [1.165, 1.54) is 11.0 Å². The Morgan fingerprint density at radius 1 is 1.26 bits per heavy atom. The van der Waals surface area contributed by atoms with Crippen LogP contribution in [0.2, 0.25) is 0 Å². The summed E-state index contributed by atoms with van der Waals surface area (Å²) < 4.78 is 33.2. The van der Waals surface area contributed by atoms with Gasteiger partial charge < -0.3 is 14.2 Å². The molecule has 4 rings (SSSR count). The maximum atomic E-state index is 12.7. The summed E-state index contributed by atoms with van der Waals surface area (Å²) in [7, 11) is -2.11. The molecular formula is C22H27N3O5S. The molecule has 1 saturated carbocycles. The number of benzene rings is 1. The number of rotatable bonds is 8. The van der Waals surface area contributed by atoms with E-state index in [1.54, 1.807) is 37.6 Å². The molecule has 9 heteroatoms. The summed E-state index contributed by atoms with van der Waals surface area (Å²) in [5, 5.41) is 0. The number of carbonyl (C=O) groups excluding carboxylic acids is 2. The highest BCUT2D eigenvalue weighted by molar-refractivity contribution is 7.89. The van der Waals surface area contributed by atoms with Crippen molar-refractivity contribution in [1.82, 2.24) is 9.62 Å². The third-order valence-corrected chi connectivity index (χ3v) is 7.23. The van der Waals surface area contributed by atoms with Gasteiger partial charge in [-0.15, -0.1) is 0 Å². The van der Waals surface area contributed by atoms with E-state index in [1.807, 2.05) is 11.8 Å². The second-order valence-electron chi connectivity index (χ2n) is 8.30. The van der Waals surface area contributed by atoms with Gasteiger partial charge in [-0.05, 0) is 62.1 Å². The van der Waals surface area contributed by atoms with Crippen LogP contribution < -0.4 is 9.62 Å². The first-order chi connectivity index (χ1) is 14.8. The Labute approximate surface area is 182 Å². The number of amides is 2. The van der Waals surface area contributed by atoms with Crippen LogP contribution in [0, 0.1) is 5.92 Å². The van der Waals surface area contributed by atoms with Gasteiger partial charge in [0.05, 0.1) is 17.7 Å². The number of nitrogens with zero attached hydrogens (tertiary/aromatic N) is 2. The topological polar surface area (TPSA) is 99.9 Å². The van der Waals surface area contributed by atoms with Crippen molar-refractivity contribution >= 4 is 27.5 Å². The third kappa shape index (κ3) is 4.67. The first-order valence-corrected chi connectivity index (χ1v) is 12.0. The van der Waals surface area contributed by atoms with Gasteiger partial charge in [0.1, 0.15) is 5.76 Å². The van der Waals surface area contributed by atoms with Crippen LogP contribution in [0.15, 0.2) is 45.9 Å². The van der Waals surface area contributed by atoms with Gasteiger partial charge in [-0.2, -0.15) is 0 Å². The van der Waals surface area contributed by atoms with Crippen molar-refractivity contribution in [2.75, 3.05) is 18.5 Å². The van der Waals surface area contributed by atoms with E-state index in [-0.39, 0.29) is 41.6 Å². The summed E-state index contributed by atoms with van der Waals surface area (Å²) in [4.78, 5) is 28.3. The molecule has 0 bridgehead atoms. The molecule has 0 unspecified atom stereocenters. The highest BCUT2D eigenvalue weighted by Gasteiger charge is 2.39. The Balaban J connectivity index is 1.36. The zero-order chi connectivity index (χ0) is 22.2. The van der Waals surface area contributed by atoms with Crippen LogP contribution in [0.1, 0.15) is 37.5 Å². The fraction of sp³-hybridized carbons (Fsp3) is 0.455. The smallest absolute Gasteiger partial charge is 0.240 e. The van der Waals surface area contributed by atoms with Gasteiger partial charge >= 0.3 is 0 Å². The predicted octanol–water partition coefficient (Wildman–Crippen LogP) is 2.29. The van der Waals surface area contributed by atoms with E-state index in [0.29, 0.717) is 18.7 Å². The SMILES string of the molecule is C[C@H]1Cc2cc(S(=O)(=O)NCCC(=O)N(C)Cc3ccco3)ccc2N1C(=O)C1CC1. The summed E-state index contributed by atoms with van der Waals surface area (Å²) >= 11 is 0. The molecule has 166 valence electrons. The lowest BCUT2D eigenvalue weighted by Gasteiger charge is -2.22. The highest BCUT2D eigenvalue weighted by Crippen LogP contribution is 2.39. The van der Waals surface area contributed by atoms with Crippen LogP contribution in [0.5, 0.6) is 0 Å². The lowest BCUT2D eigenvalue weighted by molar-refractivity contribution is -0.130. The van der Waals surface area contributed by atoms with E-state index in [4.69, 9.17) is 4.42 Å². The number of anilines is 1. The number of hydrogen-bond acceptors (Lipinski definition) is 5. The first kappa shape index (κ1) is 21.6. The molecule has 1 aliphatic carbocycles. The fourth-order valence-corrected chi connectivity index (χ4v) is 5.01. The molecule has 2 amide bonds. The molecule has 2 aromatic rings. The van der Waals surface area contributed by atoms with Crippen molar-refractivity contribution in [3.8, 4) is 0 Å². The Kier molecular flexibility index (Phi) is 5.90. The Morgan fingerprint density at radius 2 is 2.03 bits per heavy atom. The van der Waals surface area contributed by atoms with Crippen LogP contribution in [-0.2, 0) is 32.6 Å². The minimum atomic E-state index is -3.76. The number of hydrogen-bond donors (Lipinski definition) is 1. The first-order valence-electron chi connectivity index (χ1n) is 10.5. The van der Waals surface area contributed by atoms with Gasteiger partial charge in [-0.1, -0.05) is 0 Å². The summed E-state index contributed by atoms with van der Waals surface area (Å²) in [6.45, 7) is 2.32. The van der Waals surface area contributed by atoms with Gasteiger partial charge in [0.15, 0.2) is 0 Å². The molecule has 0 saturated heterocycles. The number of sulfonamides is 1. The van der Waals surface area contributed by atoms with Gasteiger partial charge in [0, 0.05) is 37.7 Å². The van der Waals surface area contributed by atoms with Gasteiger partial charge in [0.2, 0.25) is 21.8 Å². The summed E-state index contributed by atoms with van der Waals surface area (Å²) in [6, 6.07) is 8.43. The average Bonchev–Trinajstić information content (AvgIpc) is 3.35. The van der Waals surface area contributed by atoms with Crippen molar-refractivity contribution in [3.05, 3.63) is 47.9 Å². The van der Waals surface area contributed by atoms with E-state index < -0.39 is 10.0 Å². The zero-order valence-electron chi connectivity index (χ0n) is 17.7. The maximum Gasteiger partial charge on any atom is 0.240 e. The number of fused-ring (bicyclic) bond motifs is 1. The molecule has 8 nitrogen and oxygen atoms in total. The summed E-state index contributed by atoms with van der Waals surface area (Å²) in [6.07, 6.45) is 4.09. The summed E-state index contributed by atoms with van der Waals surface area (Å²) in [5.41, 5.74) is 1.66. The van der Waals surface area contributed by atoms with Gasteiger partial charge in [-0.25, -0.2) is 13.1 Å². The van der Waals surface area contributed by atoms with Crippen LogP contribution >= 0.6 is 0 Å². The van der Waals surface area contributed by atoms with Gasteiger partial charge in [0.25, 0.3) is 0 Å². The van der Waals surface area contributed by atoms with E-state index >= 15 is 0 Å². The third-order valence-electron chi connectivity index (χ3n) is 5.77. The largest absolute Gasteiger partial charge is 0.467 e. The molecule has 2 heterocycles. The van der Waals surface area contributed by atoms with E-state index in [0.717, 1.165) is 24.1 Å². The second-order valence-corrected chi connectivity index (χ2v) is 10.1. The number of carbonyl (C=O) groups is 2. The fourth-order valence-electron chi connectivity index (χ4n) is 3.93. The normalized spacial score (nSPS) is 18.1. The molecule has 1 aliphatic heterocycles. The lowest BCUT2D eigenvalue weighted by atomic mass is 10.1. The van der Waals surface area contributed by atoms with Crippen LogP contribution in [0.25, 0.3) is 0 Å². The van der Waals surface area contributed by atoms with Gasteiger partial charge in [-0.3, -0.25) is 9.59 Å². The molecule has 1 N–H and O–H groups in total. The molecule has 31 heavy (non-hydrogen) atoms. The minimum absolute atomic E-state index is 0.00341. The lowest BCUT2D eigenvalue weighted by Crippen LogP contribution is -2.36. The number of furan rings is 1. The van der Waals surface area contributed by atoms with Crippen molar-refractivity contribution in [3.63, 3.8) is 0 Å². The van der Waals surface area contributed by atoms with Crippen LogP contribution in [0.4, 0.5) is 5.69 Å². The quantitative estimate of drug-likeness (QED) is 0.672. The van der Waals surface area contributed by atoms with E-state index in [2.05, 4.69) is 4.72 Å².